The molecule has 0 radical (unpaired) electrons. The van der Waals surface area contributed by atoms with Crippen molar-refractivity contribution < 1.29 is 10.2 Å². The second-order valence-corrected chi connectivity index (χ2v) is 13.5. The van der Waals surface area contributed by atoms with Gasteiger partial charge in [-0.3, -0.25) is 0 Å². The highest BCUT2D eigenvalue weighted by atomic mass is 16.3. The third-order valence-electron chi connectivity index (χ3n) is 11.8. The summed E-state index contributed by atoms with van der Waals surface area (Å²) in [6, 6.07) is 0. The summed E-state index contributed by atoms with van der Waals surface area (Å²) in [5.74, 6) is 2.16. The SMILES string of the molecule is C/C(=C\CC[C@H](C)[C@@H]1CC[C@]2(C)C3=C(CC[C@@]12C)[C@@]1(C)CC[C@H](O)C(C)(C)[C@@H]1CC3)CO. The Morgan fingerprint density at radius 3 is 2.41 bits per heavy atom. The number of aliphatic hydroxyl groups excluding tert-OH is 2. The zero-order valence-electron chi connectivity index (χ0n) is 22.1. The zero-order valence-corrected chi connectivity index (χ0v) is 22.1. The summed E-state index contributed by atoms with van der Waals surface area (Å²) in [7, 11) is 0. The average molecular weight is 443 g/mol. The highest BCUT2D eigenvalue weighted by Crippen LogP contribution is 2.72. The molecule has 7 atom stereocenters. The first-order valence-electron chi connectivity index (χ1n) is 13.6. The van der Waals surface area contributed by atoms with Crippen molar-refractivity contribution in [1.29, 1.82) is 0 Å². The lowest BCUT2D eigenvalue weighted by molar-refractivity contribution is -0.0962. The molecule has 182 valence electrons. The van der Waals surface area contributed by atoms with E-state index in [0.29, 0.717) is 16.7 Å². The number of allylic oxidation sites excluding steroid dienone is 3. The maximum absolute atomic E-state index is 10.8. The smallest absolute Gasteiger partial charge is 0.0639 e. The summed E-state index contributed by atoms with van der Waals surface area (Å²) < 4.78 is 0. The summed E-state index contributed by atoms with van der Waals surface area (Å²) in [6.45, 7) is 17.2. The van der Waals surface area contributed by atoms with Gasteiger partial charge < -0.3 is 10.2 Å². The van der Waals surface area contributed by atoms with Crippen LogP contribution in [-0.2, 0) is 0 Å². The molecule has 2 fully saturated rings. The first-order valence-corrected chi connectivity index (χ1v) is 13.6. The Balaban J connectivity index is 1.62. The fourth-order valence-electron chi connectivity index (χ4n) is 9.49. The van der Waals surface area contributed by atoms with Crippen LogP contribution in [0.4, 0.5) is 0 Å². The Labute approximate surface area is 198 Å². The maximum Gasteiger partial charge on any atom is 0.0639 e. The molecule has 0 spiro atoms. The number of hydrogen-bond acceptors (Lipinski definition) is 2. The van der Waals surface area contributed by atoms with E-state index in [2.05, 4.69) is 47.6 Å². The molecule has 0 heterocycles. The Morgan fingerprint density at radius 2 is 1.72 bits per heavy atom. The van der Waals surface area contributed by atoms with E-state index in [1.807, 2.05) is 18.1 Å². The summed E-state index contributed by atoms with van der Waals surface area (Å²) in [4.78, 5) is 0. The average Bonchev–Trinajstić information content (AvgIpc) is 3.02. The topological polar surface area (TPSA) is 40.5 Å². The Bertz CT molecular complexity index is 791. The molecule has 2 heteroatoms. The van der Waals surface area contributed by atoms with Gasteiger partial charge >= 0.3 is 0 Å². The standard InChI is InChI=1S/C30H50O2/c1-20(19-31)9-8-10-21(2)22-13-17-30(7)24-11-12-25-27(3,4)26(32)15-16-28(25,5)23(24)14-18-29(22,30)6/h9,21-22,25-26,31-32H,8,10-19H2,1-7H3/b20-9+/t21-,22-,25-,26-,28+,29-,30+/m0/s1. The lowest BCUT2D eigenvalue weighted by atomic mass is 9.43. The predicted molar refractivity (Wildman–Crippen MR) is 134 cm³/mol. The largest absolute Gasteiger partial charge is 0.393 e. The summed E-state index contributed by atoms with van der Waals surface area (Å²) in [5, 5.41) is 20.1. The molecule has 2 nitrogen and oxygen atoms in total. The van der Waals surface area contributed by atoms with Gasteiger partial charge in [0.25, 0.3) is 0 Å². The molecular formula is C30H50O2. The summed E-state index contributed by atoms with van der Waals surface area (Å²) >= 11 is 0. The van der Waals surface area contributed by atoms with E-state index in [9.17, 15) is 10.2 Å². The van der Waals surface area contributed by atoms with Crippen LogP contribution in [0.1, 0.15) is 113 Å². The van der Waals surface area contributed by atoms with Crippen LogP contribution in [0, 0.1) is 39.4 Å². The molecule has 0 aliphatic heterocycles. The molecule has 0 aromatic heterocycles. The van der Waals surface area contributed by atoms with Gasteiger partial charge in [0.2, 0.25) is 0 Å². The fourth-order valence-corrected chi connectivity index (χ4v) is 9.49. The van der Waals surface area contributed by atoms with Crippen LogP contribution in [0.15, 0.2) is 22.8 Å². The molecule has 2 saturated carbocycles. The second kappa shape index (κ2) is 8.26. The zero-order chi connectivity index (χ0) is 23.5. The van der Waals surface area contributed by atoms with Crippen molar-refractivity contribution in [3.05, 3.63) is 22.8 Å². The number of fused-ring (bicyclic) bond motifs is 4. The van der Waals surface area contributed by atoms with E-state index in [0.717, 1.165) is 30.3 Å². The van der Waals surface area contributed by atoms with E-state index < -0.39 is 0 Å². The first-order chi connectivity index (χ1) is 14.9. The van der Waals surface area contributed by atoms with Gasteiger partial charge in [0.15, 0.2) is 0 Å². The van der Waals surface area contributed by atoms with Crippen LogP contribution in [0.2, 0.25) is 0 Å². The van der Waals surface area contributed by atoms with Crippen LogP contribution in [0.5, 0.6) is 0 Å². The van der Waals surface area contributed by atoms with Gasteiger partial charge in [-0.15, -0.1) is 0 Å². The van der Waals surface area contributed by atoms with Crippen molar-refractivity contribution in [2.45, 2.75) is 119 Å². The molecule has 0 amide bonds. The van der Waals surface area contributed by atoms with Gasteiger partial charge in [0.1, 0.15) is 0 Å². The molecular weight excluding hydrogens is 392 g/mol. The molecule has 2 N–H and O–H groups in total. The third kappa shape index (κ3) is 3.41. The van der Waals surface area contributed by atoms with Gasteiger partial charge in [-0.2, -0.15) is 0 Å². The molecule has 0 saturated heterocycles. The second-order valence-electron chi connectivity index (χ2n) is 13.5. The molecule has 4 rings (SSSR count). The van der Waals surface area contributed by atoms with E-state index >= 15 is 0 Å². The highest BCUT2D eigenvalue weighted by molar-refractivity contribution is 5.38. The highest BCUT2D eigenvalue weighted by Gasteiger charge is 2.63. The first kappa shape index (κ1) is 24.5. The van der Waals surface area contributed by atoms with Crippen molar-refractivity contribution >= 4 is 0 Å². The van der Waals surface area contributed by atoms with E-state index in [1.165, 1.54) is 51.4 Å². The molecule has 32 heavy (non-hydrogen) atoms. The van der Waals surface area contributed by atoms with Crippen LogP contribution >= 0.6 is 0 Å². The maximum atomic E-state index is 10.8. The normalized spacial score (nSPS) is 44.7. The van der Waals surface area contributed by atoms with Crippen molar-refractivity contribution in [1.82, 2.24) is 0 Å². The number of hydrogen-bond donors (Lipinski definition) is 2. The van der Waals surface area contributed by atoms with Crippen LogP contribution in [0.3, 0.4) is 0 Å². The van der Waals surface area contributed by atoms with Gasteiger partial charge in [0, 0.05) is 0 Å². The molecule has 0 aromatic rings. The van der Waals surface area contributed by atoms with E-state index in [-0.39, 0.29) is 23.5 Å². The van der Waals surface area contributed by atoms with E-state index in [1.54, 1.807) is 0 Å². The quantitative estimate of drug-likeness (QED) is 0.434. The molecule has 0 aromatic carbocycles. The van der Waals surface area contributed by atoms with Crippen molar-refractivity contribution in [2.24, 2.45) is 39.4 Å². The Morgan fingerprint density at radius 1 is 1.00 bits per heavy atom. The van der Waals surface area contributed by atoms with Gasteiger partial charge in [-0.25, -0.2) is 0 Å². The lowest BCUT2D eigenvalue weighted by Crippen LogP contribution is -2.55. The van der Waals surface area contributed by atoms with Crippen LogP contribution in [0.25, 0.3) is 0 Å². The lowest BCUT2D eigenvalue weighted by Gasteiger charge is -2.62. The monoisotopic (exact) mass is 442 g/mol. The van der Waals surface area contributed by atoms with Crippen LogP contribution in [-0.4, -0.2) is 22.9 Å². The number of rotatable bonds is 5. The van der Waals surface area contributed by atoms with E-state index in [4.69, 9.17) is 0 Å². The predicted octanol–water partition coefficient (Wildman–Crippen LogP) is 7.45. The van der Waals surface area contributed by atoms with Gasteiger partial charge in [-0.1, -0.05) is 64.3 Å². The third-order valence-corrected chi connectivity index (χ3v) is 11.8. The molecule has 0 unspecified atom stereocenters. The van der Waals surface area contributed by atoms with Crippen molar-refractivity contribution in [2.75, 3.05) is 6.61 Å². The Kier molecular flexibility index (Phi) is 6.33. The van der Waals surface area contributed by atoms with Crippen molar-refractivity contribution in [3.63, 3.8) is 0 Å². The fraction of sp³-hybridized carbons (Fsp3) is 0.867. The molecule has 4 aliphatic rings. The number of aliphatic hydroxyl groups is 2. The van der Waals surface area contributed by atoms with Gasteiger partial charge in [-0.05, 0) is 111 Å². The minimum atomic E-state index is -0.146. The Hall–Kier alpha value is -0.600. The minimum Gasteiger partial charge on any atom is -0.393 e. The summed E-state index contributed by atoms with van der Waals surface area (Å²) in [6.07, 6.45) is 14.5. The van der Waals surface area contributed by atoms with Crippen LogP contribution < -0.4 is 0 Å². The summed E-state index contributed by atoms with van der Waals surface area (Å²) in [5.41, 5.74) is 5.86. The molecule has 0 bridgehead atoms. The minimum absolute atomic E-state index is 0.0279. The molecule has 4 aliphatic carbocycles. The van der Waals surface area contributed by atoms with Crippen molar-refractivity contribution in [3.8, 4) is 0 Å². The van der Waals surface area contributed by atoms with Gasteiger partial charge in [0.05, 0.1) is 12.7 Å².